The molecule has 1 aliphatic rings. The number of amides is 1. The molecule has 1 fully saturated rings. The number of guanidine groups is 1. The lowest BCUT2D eigenvalue weighted by Gasteiger charge is -2.22. The minimum atomic E-state index is -0.0275. The van der Waals surface area contributed by atoms with Gasteiger partial charge in [-0.15, -0.1) is 0 Å². The highest BCUT2D eigenvalue weighted by molar-refractivity contribution is 5.80. The first kappa shape index (κ1) is 19.1. The summed E-state index contributed by atoms with van der Waals surface area (Å²) in [6.07, 6.45) is 2.56. The summed E-state index contributed by atoms with van der Waals surface area (Å²) < 4.78 is 0. The van der Waals surface area contributed by atoms with E-state index in [9.17, 15) is 4.79 Å². The third-order valence-electron chi connectivity index (χ3n) is 4.29. The van der Waals surface area contributed by atoms with Crippen LogP contribution >= 0.6 is 0 Å². The van der Waals surface area contributed by atoms with E-state index in [0.717, 1.165) is 25.6 Å². The van der Waals surface area contributed by atoms with Gasteiger partial charge in [0.25, 0.3) is 0 Å². The molecule has 1 amide bonds. The van der Waals surface area contributed by atoms with Crippen LogP contribution in [0.1, 0.15) is 45.2 Å². The second kappa shape index (κ2) is 9.91. The maximum Gasteiger partial charge on any atom is 0.216 e. The molecule has 0 spiro atoms. The summed E-state index contributed by atoms with van der Waals surface area (Å²) in [6, 6.07) is 8.89. The van der Waals surface area contributed by atoms with Crippen molar-refractivity contribution in [1.29, 1.82) is 0 Å². The van der Waals surface area contributed by atoms with Crippen LogP contribution in [0.3, 0.4) is 0 Å². The Bertz CT molecular complexity index is 581. The van der Waals surface area contributed by atoms with Crippen molar-refractivity contribution in [3.63, 3.8) is 0 Å². The molecule has 3 N–H and O–H groups in total. The molecular weight excluding hydrogens is 314 g/mol. The largest absolute Gasteiger partial charge is 0.372 e. The molecule has 6 nitrogen and oxygen atoms in total. The van der Waals surface area contributed by atoms with E-state index in [4.69, 9.17) is 0 Å². The van der Waals surface area contributed by atoms with E-state index in [-0.39, 0.29) is 11.9 Å². The smallest absolute Gasteiger partial charge is 0.216 e. The van der Waals surface area contributed by atoms with Gasteiger partial charge < -0.3 is 20.9 Å². The van der Waals surface area contributed by atoms with Crippen molar-refractivity contribution >= 4 is 17.6 Å². The zero-order valence-electron chi connectivity index (χ0n) is 15.6. The molecule has 0 saturated carbocycles. The molecule has 0 radical (unpaired) electrons. The Kier molecular flexibility index (Phi) is 7.57. The van der Waals surface area contributed by atoms with Crippen molar-refractivity contribution in [2.75, 3.05) is 37.6 Å². The minimum Gasteiger partial charge on any atom is -0.372 e. The predicted octanol–water partition coefficient (Wildman–Crippen LogP) is 2.04. The molecule has 1 atom stereocenters. The zero-order chi connectivity index (χ0) is 18.1. The van der Waals surface area contributed by atoms with Gasteiger partial charge in [-0.2, -0.15) is 0 Å². The van der Waals surface area contributed by atoms with Gasteiger partial charge in [0, 0.05) is 38.8 Å². The van der Waals surface area contributed by atoms with E-state index in [1.54, 1.807) is 0 Å². The number of anilines is 1. The quantitative estimate of drug-likeness (QED) is 0.402. The van der Waals surface area contributed by atoms with Crippen LogP contribution in [-0.2, 0) is 4.79 Å². The Balaban J connectivity index is 1.97. The summed E-state index contributed by atoms with van der Waals surface area (Å²) in [5.74, 6) is 0.743. The fourth-order valence-electron chi connectivity index (χ4n) is 2.97. The molecule has 0 bridgehead atoms. The molecule has 2 rings (SSSR count). The number of aliphatic imine (C=N–C) groups is 1. The molecular formula is C19H31N5O. The second-order valence-electron chi connectivity index (χ2n) is 6.40. The summed E-state index contributed by atoms with van der Waals surface area (Å²) in [7, 11) is 0. The van der Waals surface area contributed by atoms with Gasteiger partial charge in [0.2, 0.25) is 5.91 Å². The highest BCUT2D eigenvalue weighted by Gasteiger charge is 2.14. The van der Waals surface area contributed by atoms with E-state index in [1.165, 1.54) is 31.0 Å². The van der Waals surface area contributed by atoms with Gasteiger partial charge in [-0.05, 0) is 44.4 Å². The summed E-state index contributed by atoms with van der Waals surface area (Å²) in [5.41, 5.74) is 2.55. The Hall–Kier alpha value is -2.24. The highest BCUT2D eigenvalue weighted by atomic mass is 16.1. The van der Waals surface area contributed by atoms with Gasteiger partial charge in [-0.25, -0.2) is 0 Å². The van der Waals surface area contributed by atoms with Gasteiger partial charge in [0.15, 0.2) is 5.96 Å². The molecule has 1 saturated heterocycles. The van der Waals surface area contributed by atoms with E-state index in [2.05, 4.69) is 57.0 Å². The van der Waals surface area contributed by atoms with Crippen LogP contribution < -0.4 is 20.9 Å². The second-order valence-corrected chi connectivity index (χ2v) is 6.40. The molecule has 1 aromatic rings. The number of benzene rings is 1. The van der Waals surface area contributed by atoms with E-state index in [0.29, 0.717) is 13.1 Å². The predicted molar refractivity (Wildman–Crippen MR) is 104 cm³/mol. The van der Waals surface area contributed by atoms with Crippen molar-refractivity contribution in [3.8, 4) is 0 Å². The van der Waals surface area contributed by atoms with E-state index < -0.39 is 0 Å². The van der Waals surface area contributed by atoms with Crippen molar-refractivity contribution in [2.24, 2.45) is 4.99 Å². The van der Waals surface area contributed by atoms with Crippen LogP contribution in [0.15, 0.2) is 29.3 Å². The van der Waals surface area contributed by atoms with Gasteiger partial charge >= 0.3 is 0 Å². The maximum atomic E-state index is 10.9. The first-order valence-corrected chi connectivity index (χ1v) is 9.24. The maximum absolute atomic E-state index is 10.9. The molecule has 1 heterocycles. The van der Waals surface area contributed by atoms with Gasteiger partial charge in [-0.1, -0.05) is 12.1 Å². The van der Waals surface area contributed by atoms with Crippen molar-refractivity contribution in [2.45, 2.75) is 39.7 Å². The number of hydrogen-bond donors (Lipinski definition) is 3. The van der Waals surface area contributed by atoms with Gasteiger partial charge in [0.1, 0.15) is 0 Å². The van der Waals surface area contributed by atoms with E-state index in [1.807, 2.05) is 6.92 Å². The fourth-order valence-corrected chi connectivity index (χ4v) is 2.97. The number of nitrogens with one attached hydrogen (secondary N) is 3. The molecule has 25 heavy (non-hydrogen) atoms. The first-order chi connectivity index (χ1) is 12.1. The number of rotatable bonds is 7. The molecule has 0 aliphatic carbocycles. The van der Waals surface area contributed by atoms with Crippen LogP contribution in [0.4, 0.5) is 5.69 Å². The third kappa shape index (κ3) is 6.29. The SMILES string of the molecule is CCNC(=NCCNC(C)=O)NC(C)c1cccc(N2CCCC2)c1. The van der Waals surface area contributed by atoms with E-state index >= 15 is 0 Å². The molecule has 6 heteroatoms. The Morgan fingerprint density at radius 2 is 2.04 bits per heavy atom. The summed E-state index contributed by atoms with van der Waals surface area (Å²) in [4.78, 5) is 17.9. The number of nitrogens with zero attached hydrogens (tertiary/aromatic N) is 2. The Morgan fingerprint density at radius 1 is 1.28 bits per heavy atom. The molecule has 138 valence electrons. The van der Waals surface area contributed by atoms with Crippen molar-refractivity contribution < 1.29 is 4.79 Å². The third-order valence-corrected chi connectivity index (χ3v) is 4.29. The topological polar surface area (TPSA) is 68.8 Å². The number of carbonyl (C=O) groups is 1. The van der Waals surface area contributed by atoms with Gasteiger partial charge in [0.05, 0.1) is 12.6 Å². The standard InChI is InChI=1S/C19H31N5O/c1-4-20-19(22-11-10-21-16(3)25)23-15(2)17-8-7-9-18(14-17)24-12-5-6-13-24/h7-9,14-15H,4-6,10-13H2,1-3H3,(H,21,25)(H2,20,22,23). The Morgan fingerprint density at radius 3 is 2.72 bits per heavy atom. The molecule has 0 aromatic heterocycles. The van der Waals surface area contributed by atoms with Crippen LogP contribution in [-0.4, -0.2) is 44.6 Å². The van der Waals surface area contributed by atoms with Crippen LogP contribution in [0.2, 0.25) is 0 Å². The number of hydrogen-bond acceptors (Lipinski definition) is 3. The summed E-state index contributed by atoms with van der Waals surface area (Å²) in [5, 5.41) is 9.46. The number of carbonyl (C=O) groups excluding carboxylic acids is 1. The van der Waals surface area contributed by atoms with Crippen LogP contribution in [0.25, 0.3) is 0 Å². The average Bonchev–Trinajstić information content (AvgIpc) is 3.13. The Labute approximate surface area is 151 Å². The van der Waals surface area contributed by atoms with Gasteiger partial charge in [-0.3, -0.25) is 9.79 Å². The van der Waals surface area contributed by atoms with Crippen LogP contribution in [0, 0.1) is 0 Å². The highest BCUT2D eigenvalue weighted by Crippen LogP contribution is 2.23. The average molecular weight is 345 g/mol. The minimum absolute atomic E-state index is 0.0275. The normalized spacial score (nSPS) is 15.8. The summed E-state index contributed by atoms with van der Waals surface area (Å²) >= 11 is 0. The summed E-state index contributed by atoms with van der Waals surface area (Å²) in [6.45, 7) is 9.90. The zero-order valence-corrected chi connectivity index (χ0v) is 15.6. The fraction of sp³-hybridized carbons (Fsp3) is 0.579. The molecule has 1 aromatic carbocycles. The van der Waals surface area contributed by atoms with Crippen molar-refractivity contribution in [3.05, 3.63) is 29.8 Å². The van der Waals surface area contributed by atoms with Crippen LogP contribution in [0.5, 0.6) is 0 Å². The molecule has 1 unspecified atom stereocenters. The lowest BCUT2D eigenvalue weighted by molar-refractivity contribution is -0.118. The lowest BCUT2D eigenvalue weighted by Crippen LogP contribution is -2.39. The monoisotopic (exact) mass is 345 g/mol. The van der Waals surface area contributed by atoms with Crippen molar-refractivity contribution in [1.82, 2.24) is 16.0 Å². The lowest BCUT2D eigenvalue weighted by atomic mass is 10.1. The molecule has 1 aliphatic heterocycles. The first-order valence-electron chi connectivity index (χ1n) is 9.24.